The molecule has 5 fully saturated rings. The molecule has 0 bridgehead atoms. The Morgan fingerprint density at radius 1 is 0.420 bits per heavy atom. The molecule has 6 aromatic carbocycles. The van der Waals surface area contributed by atoms with Gasteiger partial charge in [-0.1, -0.05) is 128 Å². The number of morpholine rings is 3. The first-order chi connectivity index (χ1) is 46.0. The fourth-order valence-corrected chi connectivity index (χ4v) is 21.0. The largest absolute Gasteiger partial charge is 0.502 e. The van der Waals surface area contributed by atoms with Crippen LogP contribution in [0.15, 0.2) is 97.1 Å². The van der Waals surface area contributed by atoms with Crippen molar-refractivity contribution >= 4 is 114 Å². The van der Waals surface area contributed by atoms with Crippen molar-refractivity contribution in [3.63, 3.8) is 0 Å². The van der Waals surface area contributed by atoms with Gasteiger partial charge in [0.05, 0.1) is 78.9 Å². The number of rotatable bonds is 13. The first kappa shape index (κ1) is 89.7. The van der Waals surface area contributed by atoms with Crippen LogP contribution in [0.25, 0.3) is 0 Å². The molecular weight excluding hydrogens is 1600 g/mol. The normalized spacial score (nSPS) is 16.3. The Labute approximate surface area is 645 Å². The van der Waals surface area contributed by atoms with Crippen LogP contribution in [-0.2, 0) is 41.2 Å². The second kappa shape index (κ2) is 43.2. The van der Waals surface area contributed by atoms with Crippen molar-refractivity contribution in [2.75, 3.05) is 125 Å². The van der Waals surface area contributed by atoms with E-state index in [1.54, 1.807) is 0 Å². The molecule has 5 heterocycles. The van der Waals surface area contributed by atoms with Gasteiger partial charge >= 0.3 is 196 Å². The van der Waals surface area contributed by atoms with Crippen LogP contribution >= 0.6 is 81.9 Å². The minimum Gasteiger partial charge on any atom is -0.502 e. The number of halogens is 7. The van der Waals surface area contributed by atoms with Gasteiger partial charge in [0, 0.05) is 48.9 Å². The third kappa shape index (κ3) is 26.4. The fourth-order valence-electron chi connectivity index (χ4n) is 13.7. The van der Waals surface area contributed by atoms with Crippen LogP contribution < -0.4 is 29.1 Å². The topological polar surface area (TPSA) is 68.8 Å². The predicted molar refractivity (Wildman–Crippen MR) is 434 cm³/mol. The zero-order valence-corrected chi connectivity index (χ0v) is 69.3. The Balaban J connectivity index is 0.000000269. The van der Waals surface area contributed by atoms with E-state index in [4.69, 9.17) is 97.3 Å². The summed E-state index contributed by atoms with van der Waals surface area (Å²) in [6.45, 7) is 51.6. The Hall–Kier alpha value is -2.67. The predicted octanol–water partition coefficient (Wildman–Crippen LogP) is 20.5. The molecule has 5 aliphatic heterocycles. The summed E-state index contributed by atoms with van der Waals surface area (Å²) in [5.41, 5.74) is 22.5. The van der Waals surface area contributed by atoms with Crippen LogP contribution in [0.2, 0.25) is 0 Å². The van der Waals surface area contributed by atoms with Gasteiger partial charge in [-0.25, -0.2) is 0 Å². The molecule has 0 spiro atoms. The van der Waals surface area contributed by atoms with Crippen LogP contribution in [0.5, 0.6) is 11.5 Å². The number of ether oxygens (including phenoxy) is 5. The third-order valence-corrected chi connectivity index (χ3v) is 24.1. The molecule has 0 aromatic heterocycles. The summed E-state index contributed by atoms with van der Waals surface area (Å²) in [5, 5.41) is 0. The van der Waals surface area contributed by atoms with Crippen LogP contribution in [0, 0.1) is 89.8 Å². The summed E-state index contributed by atoms with van der Waals surface area (Å²) in [6, 6.07) is 33.5. The van der Waals surface area contributed by atoms with E-state index in [0.717, 1.165) is 128 Å². The van der Waals surface area contributed by atoms with Crippen molar-refractivity contribution < 1.29 is 50.7 Å². The van der Waals surface area contributed by atoms with Crippen LogP contribution in [0.1, 0.15) is 128 Å². The minimum atomic E-state index is -1.77. The van der Waals surface area contributed by atoms with Crippen LogP contribution in [0.3, 0.4) is 0 Å². The molecule has 11 rings (SSSR count). The maximum absolute atomic E-state index is 6.55. The van der Waals surface area contributed by atoms with Gasteiger partial charge in [0.2, 0.25) is 12.2 Å². The summed E-state index contributed by atoms with van der Waals surface area (Å²) in [4.78, 5) is 9.33. The number of para-hydroxylation sites is 2. The number of nitrogens with zero attached hydrogens (tertiary/aromatic N) is 7. The van der Waals surface area contributed by atoms with E-state index in [0.29, 0.717) is 0 Å². The van der Waals surface area contributed by atoms with Crippen molar-refractivity contribution in [1.29, 1.82) is 0 Å². The molecule has 0 unspecified atom stereocenters. The van der Waals surface area contributed by atoms with E-state index >= 15 is 0 Å². The Bertz CT molecular complexity index is 3260. The molecule has 5 aliphatic rings. The van der Waals surface area contributed by atoms with Gasteiger partial charge in [-0.2, -0.15) is 6.67 Å². The molecule has 0 atom stereocenters. The van der Waals surface area contributed by atoms with E-state index in [1.165, 1.54) is 89.5 Å². The molecule has 562 valence electrons. The zero-order chi connectivity index (χ0) is 70.8. The first-order valence-corrected chi connectivity index (χ1v) is 46.8. The van der Waals surface area contributed by atoms with Crippen molar-refractivity contribution in [1.82, 2.24) is 14.0 Å². The van der Waals surface area contributed by atoms with E-state index in [2.05, 4.69) is 172 Å². The van der Waals surface area contributed by atoms with Gasteiger partial charge in [0.25, 0.3) is 0 Å². The summed E-state index contributed by atoms with van der Waals surface area (Å²) in [7, 11) is 22.5. The summed E-state index contributed by atoms with van der Waals surface area (Å²) >= 11 is 16.1. The van der Waals surface area contributed by atoms with Gasteiger partial charge in [0.15, 0.2) is 6.17 Å². The van der Waals surface area contributed by atoms with E-state index in [1.807, 2.05) is 85.4 Å². The van der Waals surface area contributed by atoms with E-state index < -0.39 is 39.2 Å². The van der Waals surface area contributed by atoms with Crippen molar-refractivity contribution in [3.8, 4) is 11.5 Å². The Morgan fingerprint density at radius 2 is 0.680 bits per heavy atom. The quantitative estimate of drug-likeness (QED) is 0.0479. The van der Waals surface area contributed by atoms with Crippen molar-refractivity contribution in [2.24, 2.45) is 0 Å². The summed E-state index contributed by atoms with van der Waals surface area (Å²) in [5.74, 6) is 1.70. The van der Waals surface area contributed by atoms with Gasteiger partial charge in [-0.05, 0) is 128 Å². The Morgan fingerprint density at radius 3 is 0.930 bits per heavy atom. The zero-order valence-electron chi connectivity index (χ0n) is 59.5. The molecule has 22 heteroatoms. The van der Waals surface area contributed by atoms with Crippen molar-refractivity contribution in [3.05, 3.63) is 182 Å². The molecule has 5 saturated heterocycles. The van der Waals surface area contributed by atoms with Gasteiger partial charge in [-0.3, -0.25) is 0 Å². The standard InChI is InChI=1S/C22H27Cl3N2.C21H27N2.C12H24N3O3P.2C10H12O.3CH4.4ClH.2Ru/c1-13-9-15(3)19(16(4)10-13)26-7-8-27(21(26)22(23,24)25)20-17(5)11-14(2)12-18(20)6;1-14-9-16(3)20(17(4)10-14)22-7-8-23(13-22)21-18(5)11-15(2)12-19(21)6;1-7-16-8-2-13(1)19(14-3-9-17-10-4-14)15-5-11-18-12-6-15;2*1-8(2)11-10-7-5-4-6-9(10)3;;;;;;;;;/h9-12,21H,7-8H2,1-6H3;9-13H,7-8H2,1-6H3;1-12H2;2*3-8H,1-2H3;3*1H4;4*1H;;/q;-1;;;;;;;;;;;2*+2/p-3. The maximum atomic E-state index is 6.55. The van der Waals surface area contributed by atoms with Gasteiger partial charge in [-0.15, -0.1) is 14.0 Å². The molecule has 0 amide bonds. The second-order valence-electron chi connectivity index (χ2n) is 25.9. The van der Waals surface area contributed by atoms with E-state index in [9.17, 15) is 0 Å². The Kier molecular flexibility index (Phi) is 38.8. The van der Waals surface area contributed by atoms with E-state index in [-0.39, 0.29) is 40.7 Å². The maximum Gasteiger partial charge on any atom is 0.228 e. The van der Waals surface area contributed by atoms with Crippen LogP contribution in [-0.4, -0.2) is 150 Å². The SMILES string of the molecule is C.C.C.C1CN([PH+](N2CCOCC2)N2CCOCC2)CCO1.CC(C)Oc1ccccc1[CH]=[Ru]([Cl])[Cl].CC(C)Oc1ccccc1[CH]=[Ru]([Cl])[Cl].Cc1cc(C)c(N2CCN(c3c(C)cc(C)cc3C)C2C(Cl)(Cl)Cl)c(C)c1.Cc1cc(C)c(N2[CH-]N(c3c(C)cc(C)cc3C)CC2)c(C)c1. The molecule has 0 N–H and O–H groups in total. The molecule has 12 nitrogen and oxygen atoms in total. The van der Waals surface area contributed by atoms with Crippen LogP contribution in [0.4, 0.5) is 22.7 Å². The average Bonchev–Trinajstić information content (AvgIpc) is 1.57. The summed E-state index contributed by atoms with van der Waals surface area (Å²) < 4.78 is 38.1. The summed E-state index contributed by atoms with van der Waals surface area (Å²) in [6.07, 6.45) is -0.0329. The van der Waals surface area contributed by atoms with Crippen molar-refractivity contribution in [2.45, 2.75) is 155 Å². The number of hydrogen-bond acceptors (Lipinski definition) is 12. The smallest absolute Gasteiger partial charge is 0.228 e. The first-order valence-electron chi connectivity index (χ1n) is 33.3. The van der Waals surface area contributed by atoms with Gasteiger partial charge < -0.3 is 33.8 Å². The number of anilines is 4. The molecule has 0 aliphatic carbocycles. The number of alkyl halides is 3. The fraction of sp³-hybridized carbons (Fsp3) is 0.500. The second-order valence-corrected chi connectivity index (χ2v) is 42.2. The monoisotopic (exact) mass is 1710 g/mol. The average molecular weight is 1710 g/mol. The number of hydrogen-bond donors (Lipinski definition) is 0. The van der Waals surface area contributed by atoms with Gasteiger partial charge in [0.1, 0.15) is 0 Å². The number of aryl methyl sites for hydroxylation is 12. The molecule has 6 aromatic rings. The minimum absolute atomic E-state index is 0. The molecular formula is C78H115Cl7N7O5PRu2. The molecule has 100 heavy (non-hydrogen) atoms. The molecule has 0 saturated carbocycles. The number of benzene rings is 6. The third-order valence-electron chi connectivity index (χ3n) is 16.8. The molecule has 0 radical (unpaired) electrons.